The van der Waals surface area contributed by atoms with Crippen molar-refractivity contribution in [2.75, 3.05) is 13.2 Å². The van der Waals surface area contributed by atoms with Crippen LogP contribution in [0.5, 0.6) is 0 Å². The van der Waals surface area contributed by atoms with Gasteiger partial charge in [0.05, 0.1) is 13.2 Å². The summed E-state index contributed by atoms with van der Waals surface area (Å²) < 4.78 is 27.7. The second-order valence-electron chi connectivity index (χ2n) is 5.34. The second kappa shape index (κ2) is 6.33. The van der Waals surface area contributed by atoms with Crippen LogP contribution >= 0.6 is 0 Å². The molecule has 0 aliphatic rings. The first-order valence-corrected chi connectivity index (χ1v) is 6.74. The molecule has 2 nitrogen and oxygen atoms in total. The highest BCUT2D eigenvalue weighted by Gasteiger charge is 2.33. The summed E-state index contributed by atoms with van der Waals surface area (Å²) in [6.45, 7) is 1.11. The first-order valence-electron chi connectivity index (χ1n) is 6.74. The van der Waals surface area contributed by atoms with Gasteiger partial charge in [-0.2, -0.15) is 0 Å². The number of aliphatic hydroxyl groups excluding tert-OH is 2. The van der Waals surface area contributed by atoms with E-state index in [1.807, 2.05) is 19.1 Å². The fourth-order valence-electron chi connectivity index (χ4n) is 2.39. The van der Waals surface area contributed by atoms with Gasteiger partial charge in [-0.05, 0) is 31.0 Å². The summed E-state index contributed by atoms with van der Waals surface area (Å²) in [7, 11) is 0. The third kappa shape index (κ3) is 3.12. The van der Waals surface area contributed by atoms with Gasteiger partial charge in [0.25, 0.3) is 0 Å². The molecule has 2 rings (SSSR count). The predicted octanol–water partition coefficient (Wildman–Crippen LogP) is 2.74. The smallest absolute Gasteiger partial charge is 0.129 e. The molecule has 2 N–H and O–H groups in total. The first kappa shape index (κ1) is 15.6. The summed E-state index contributed by atoms with van der Waals surface area (Å²) in [6, 6.07) is 10.8. The van der Waals surface area contributed by atoms with Gasteiger partial charge in [0.1, 0.15) is 11.6 Å². The zero-order chi connectivity index (χ0) is 15.5. The Morgan fingerprint density at radius 2 is 1.43 bits per heavy atom. The zero-order valence-corrected chi connectivity index (χ0v) is 11.8. The van der Waals surface area contributed by atoms with Crippen LogP contribution in [0.1, 0.15) is 16.7 Å². The molecule has 2 aromatic carbocycles. The molecule has 0 saturated heterocycles. The van der Waals surface area contributed by atoms with Crippen LogP contribution in [-0.2, 0) is 11.8 Å². The van der Waals surface area contributed by atoms with Gasteiger partial charge in [-0.25, -0.2) is 8.78 Å². The third-order valence-electron chi connectivity index (χ3n) is 3.85. The monoisotopic (exact) mass is 292 g/mol. The Bertz CT molecular complexity index is 584. The molecule has 21 heavy (non-hydrogen) atoms. The maximum absolute atomic E-state index is 13.8. The number of benzene rings is 2. The van der Waals surface area contributed by atoms with E-state index in [2.05, 4.69) is 0 Å². The topological polar surface area (TPSA) is 40.5 Å². The molecular weight excluding hydrogens is 274 g/mol. The molecule has 0 spiro atoms. The van der Waals surface area contributed by atoms with Gasteiger partial charge in [-0.1, -0.05) is 35.9 Å². The lowest BCUT2D eigenvalue weighted by atomic mass is 9.76. The fourth-order valence-corrected chi connectivity index (χ4v) is 2.39. The van der Waals surface area contributed by atoms with E-state index in [-0.39, 0.29) is 12.0 Å². The van der Waals surface area contributed by atoms with E-state index >= 15 is 0 Å². The van der Waals surface area contributed by atoms with Gasteiger partial charge < -0.3 is 10.2 Å². The van der Waals surface area contributed by atoms with E-state index in [4.69, 9.17) is 0 Å². The number of aliphatic hydroxyl groups is 2. The van der Waals surface area contributed by atoms with Crippen molar-refractivity contribution >= 4 is 0 Å². The summed E-state index contributed by atoms with van der Waals surface area (Å²) in [5.41, 5.74) is 0.444. The molecular formula is C17H18F2O2. The predicted molar refractivity (Wildman–Crippen MR) is 77.1 cm³/mol. The average Bonchev–Trinajstić information content (AvgIpc) is 2.49. The molecule has 0 bridgehead atoms. The van der Waals surface area contributed by atoms with Crippen LogP contribution in [0, 0.1) is 18.6 Å². The highest BCUT2D eigenvalue weighted by atomic mass is 19.1. The number of hydrogen-bond acceptors (Lipinski definition) is 2. The standard InChI is InChI=1S/C17H18F2O2/c1-12-5-7-13(8-6-12)17(10-20,11-21)9-14-15(18)3-2-4-16(14)19/h2-8,20-21H,9-11H2,1H3. The Hall–Kier alpha value is -1.78. The third-order valence-corrected chi connectivity index (χ3v) is 3.85. The Balaban J connectivity index is 2.45. The molecule has 0 fully saturated rings. The van der Waals surface area contributed by atoms with Gasteiger partial charge in [0.2, 0.25) is 0 Å². The minimum absolute atomic E-state index is 0.110. The maximum atomic E-state index is 13.8. The molecule has 0 aliphatic heterocycles. The van der Waals surface area contributed by atoms with Gasteiger partial charge >= 0.3 is 0 Å². The average molecular weight is 292 g/mol. The molecule has 112 valence electrons. The van der Waals surface area contributed by atoms with Crippen molar-refractivity contribution in [3.63, 3.8) is 0 Å². The first-order chi connectivity index (χ1) is 10.0. The van der Waals surface area contributed by atoms with Crippen molar-refractivity contribution < 1.29 is 19.0 Å². The second-order valence-corrected chi connectivity index (χ2v) is 5.34. The van der Waals surface area contributed by atoms with Crippen molar-refractivity contribution in [3.05, 3.63) is 70.8 Å². The van der Waals surface area contributed by atoms with Gasteiger partial charge in [-0.15, -0.1) is 0 Å². The Morgan fingerprint density at radius 3 is 1.90 bits per heavy atom. The van der Waals surface area contributed by atoms with Crippen LogP contribution in [-0.4, -0.2) is 23.4 Å². The summed E-state index contributed by atoms with van der Waals surface area (Å²) in [5, 5.41) is 19.5. The number of aryl methyl sites for hydroxylation is 1. The van der Waals surface area contributed by atoms with Gasteiger partial charge in [-0.3, -0.25) is 0 Å². The Kier molecular flexibility index (Phi) is 4.70. The van der Waals surface area contributed by atoms with E-state index in [0.29, 0.717) is 5.56 Å². The van der Waals surface area contributed by atoms with Crippen LogP contribution in [0.3, 0.4) is 0 Å². The molecule has 0 atom stereocenters. The van der Waals surface area contributed by atoms with Crippen molar-refractivity contribution in [3.8, 4) is 0 Å². The molecule has 0 unspecified atom stereocenters. The number of hydrogen-bond donors (Lipinski definition) is 2. The van der Waals surface area contributed by atoms with Crippen molar-refractivity contribution in [1.29, 1.82) is 0 Å². The zero-order valence-electron chi connectivity index (χ0n) is 11.8. The van der Waals surface area contributed by atoms with Crippen LogP contribution in [0.25, 0.3) is 0 Å². The number of halogens is 2. The molecule has 0 radical (unpaired) electrons. The maximum Gasteiger partial charge on any atom is 0.129 e. The van der Waals surface area contributed by atoms with Crippen molar-refractivity contribution in [2.45, 2.75) is 18.8 Å². The van der Waals surface area contributed by atoms with E-state index in [0.717, 1.165) is 5.56 Å². The summed E-state index contributed by atoms with van der Waals surface area (Å²) in [6.07, 6.45) is -0.110. The SMILES string of the molecule is Cc1ccc(C(CO)(CO)Cc2c(F)cccc2F)cc1. The Morgan fingerprint density at radius 1 is 0.905 bits per heavy atom. The minimum Gasteiger partial charge on any atom is -0.395 e. The minimum atomic E-state index is -1.11. The van der Waals surface area contributed by atoms with Crippen molar-refractivity contribution in [1.82, 2.24) is 0 Å². The molecule has 0 saturated carbocycles. The lowest BCUT2D eigenvalue weighted by molar-refractivity contribution is 0.115. The van der Waals surface area contributed by atoms with Gasteiger partial charge in [0.15, 0.2) is 0 Å². The summed E-state index contributed by atoms with van der Waals surface area (Å²) in [4.78, 5) is 0. The normalized spacial score (nSPS) is 11.7. The molecule has 0 amide bonds. The quantitative estimate of drug-likeness (QED) is 0.889. The van der Waals surface area contributed by atoms with Crippen molar-refractivity contribution in [2.24, 2.45) is 0 Å². The highest BCUT2D eigenvalue weighted by molar-refractivity contribution is 5.33. The lowest BCUT2D eigenvalue weighted by Crippen LogP contribution is -2.38. The lowest BCUT2D eigenvalue weighted by Gasteiger charge is -2.31. The molecule has 4 heteroatoms. The van der Waals surface area contributed by atoms with E-state index in [1.54, 1.807) is 12.1 Å². The summed E-state index contributed by atoms with van der Waals surface area (Å²) >= 11 is 0. The molecule has 2 aromatic rings. The van der Waals surface area contributed by atoms with Crippen LogP contribution in [0.2, 0.25) is 0 Å². The van der Waals surface area contributed by atoms with E-state index in [1.165, 1.54) is 18.2 Å². The highest BCUT2D eigenvalue weighted by Crippen LogP contribution is 2.30. The van der Waals surface area contributed by atoms with E-state index < -0.39 is 30.3 Å². The largest absolute Gasteiger partial charge is 0.395 e. The van der Waals surface area contributed by atoms with Crippen LogP contribution in [0.15, 0.2) is 42.5 Å². The van der Waals surface area contributed by atoms with E-state index in [9.17, 15) is 19.0 Å². The molecule has 0 aliphatic carbocycles. The molecule has 0 heterocycles. The Labute approximate surface area is 122 Å². The van der Waals surface area contributed by atoms with Crippen LogP contribution < -0.4 is 0 Å². The van der Waals surface area contributed by atoms with Gasteiger partial charge in [0, 0.05) is 11.0 Å². The fraction of sp³-hybridized carbons (Fsp3) is 0.294. The summed E-state index contributed by atoms with van der Waals surface area (Å²) in [5.74, 6) is -1.35. The van der Waals surface area contributed by atoms with Crippen LogP contribution in [0.4, 0.5) is 8.78 Å². The molecule has 0 aromatic heterocycles. The number of rotatable bonds is 5.